The number of hydrogen-bond donors (Lipinski definition) is 0. The van der Waals surface area contributed by atoms with Gasteiger partial charge in [0.1, 0.15) is 5.75 Å². The Morgan fingerprint density at radius 3 is 2.79 bits per heavy atom. The van der Waals surface area contributed by atoms with Crippen LogP contribution < -0.4 is 9.64 Å². The molecule has 3 aromatic rings. The van der Waals surface area contributed by atoms with Gasteiger partial charge >= 0.3 is 0 Å². The average Bonchev–Trinajstić information content (AvgIpc) is 3.22. The van der Waals surface area contributed by atoms with Crippen LogP contribution in [-0.4, -0.2) is 48.9 Å². The number of hydrogen-bond acceptors (Lipinski definition) is 6. The van der Waals surface area contributed by atoms with Crippen molar-refractivity contribution in [3.8, 4) is 11.8 Å². The quantitative estimate of drug-likeness (QED) is 0.679. The van der Waals surface area contributed by atoms with Gasteiger partial charge in [-0.1, -0.05) is 17.3 Å². The van der Waals surface area contributed by atoms with Crippen molar-refractivity contribution in [3.63, 3.8) is 0 Å². The van der Waals surface area contributed by atoms with Gasteiger partial charge < -0.3 is 14.2 Å². The van der Waals surface area contributed by atoms with Crippen LogP contribution in [0.25, 0.3) is 11.0 Å². The van der Waals surface area contributed by atoms with Gasteiger partial charge in [0.05, 0.1) is 23.6 Å². The van der Waals surface area contributed by atoms with Crippen LogP contribution in [0.15, 0.2) is 53.1 Å². The Morgan fingerprint density at radius 1 is 1.07 bits per heavy atom. The van der Waals surface area contributed by atoms with Crippen LogP contribution in [0.4, 0.5) is 5.82 Å². The third-order valence-electron chi connectivity index (χ3n) is 6.13. The van der Waals surface area contributed by atoms with Crippen molar-refractivity contribution >= 4 is 16.8 Å². The van der Waals surface area contributed by atoms with E-state index in [1.54, 1.807) is 12.1 Å². The standard InChI is InChI=1S/C23H24N4O2/c24-13-17-6-9-20(10-7-17)28-16-18-5-8-19-15-27(12-11-26(19)14-18)23-21-3-1-2-4-22(21)29-25-23/h1-4,6-7,9-10,18-19H,5,8,11-12,14-16H2/t18-,19+/m1/s1. The van der Waals surface area contributed by atoms with Crippen LogP contribution in [0.2, 0.25) is 0 Å². The molecule has 6 heteroatoms. The molecular formula is C23H24N4O2. The molecule has 2 aliphatic rings. The second kappa shape index (κ2) is 7.76. The number of fused-ring (bicyclic) bond motifs is 2. The third kappa shape index (κ3) is 3.66. The monoisotopic (exact) mass is 388 g/mol. The van der Waals surface area contributed by atoms with Crippen molar-refractivity contribution in [2.45, 2.75) is 18.9 Å². The number of aromatic nitrogens is 1. The summed E-state index contributed by atoms with van der Waals surface area (Å²) >= 11 is 0. The maximum absolute atomic E-state index is 8.89. The third-order valence-corrected chi connectivity index (χ3v) is 6.13. The van der Waals surface area contributed by atoms with Gasteiger partial charge in [-0.25, -0.2) is 0 Å². The van der Waals surface area contributed by atoms with Crippen molar-refractivity contribution in [2.75, 3.05) is 37.7 Å². The van der Waals surface area contributed by atoms with Gasteiger partial charge in [-0.15, -0.1) is 0 Å². The lowest BCUT2D eigenvalue weighted by Crippen LogP contribution is -2.57. The molecule has 0 amide bonds. The molecule has 2 aromatic carbocycles. The zero-order valence-electron chi connectivity index (χ0n) is 16.3. The first kappa shape index (κ1) is 18.0. The highest BCUT2D eigenvalue weighted by Gasteiger charge is 2.34. The minimum atomic E-state index is 0.543. The Hall–Kier alpha value is -3.04. The first-order valence-electron chi connectivity index (χ1n) is 10.3. The Bertz CT molecular complexity index is 1020. The fourth-order valence-corrected chi connectivity index (χ4v) is 4.53. The number of anilines is 1. The zero-order valence-corrected chi connectivity index (χ0v) is 16.3. The molecule has 2 atom stereocenters. The number of piperazine rings is 1. The SMILES string of the molecule is N#Cc1ccc(OC[C@@H]2CC[C@H]3CN(c4noc5ccccc45)CCN3C2)cc1. The lowest BCUT2D eigenvalue weighted by atomic mass is 9.91. The molecule has 0 unspecified atom stereocenters. The first-order chi connectivity index (χ1) is 14.3. The predicted octanol–water partition coefficient (Wildman–Crippen LogP) is 3.68. The number of nitrogens with zero attached hydrogens (tertiary/aromatic N) is 4. The van der Waals surface area contributed by atoms with Gasteiger partial charge in [-0.05, 0) is 49.2 Å². The van der Waals surface area contributed by atoms with Gasteiger partial charge in [-0.2, -0.15) is 5.26 Å². The number of para-hydroxylation sites is 1. The summed E-state index contributed by atoms with van der Waals surface area (Å²) in [5.41, 5.74) is 1.52. The highest BCUT2D eigenvalue weighted by molar-refractivity contribution is 5.88. The van der Waals surface area contributed by atoms with Crippen LogP contribution in [-0.2, 0) is 0 Å². The molecule has 0 spiro atoms. The minimum absolute atomic E-state index is 0.543. The van der Waals surface area contributed by atoms with E-state index in [1.807, 2.05) is 30.3 Å². The van der Waals surface area contributed by atoms with E-state index in [2.05, 4.69) is 27.1 Å². The Balaban J connectivity index is 1.18. The Labute approximate surface area is 170 Å². The molecule has 0 N–H and O–H groups in total. The van der Waals surface area contributed by atoms with Crippen LogP contribution in [0.1, 0.15) is 18.4 Å². The van der Waals surface area contributed by atoms with Crippen molar-refractivity contribution in [3.05, 3.63) is 54.1 Å². The summed E-state index contributed by atoms with van der Waals surface area (Å²) in [5.74, 6) is 2.36. The maximum atomic E-state index is 8.89. The van der Waals surface area contributed by atoms with Gasteiger partial charge in [-0.3, -0.25) is 4.90 Å². The molecule has 0 saturated carbocycles. The van der Waals surface area contributed by atoms with E-state index >= 15 is 0 Å². The van der Waals surface area contributed by atoms with Crippen molar-refractivity contribution in [1.82, 2.24) is 10.1 Å². The number of nitriles is 1. The summed E-state index contributed by atoms with van der Waals surface area (Å²) in [4.78, 5) is 4.98. The lowest BCUT2D eigenvalue weighted by Gasteiger charge is -2.46. The number of ether oxygens (including phenoxy) is 1. The van der Waals surface area contributed by atoms with E-state index < -0.39 is 0 Å². The second-order valence-corrected chi connectivity index (χ2v) is 7.99. The predicted molar refractivity (Wildman–Crippen MR) is 111 cm³/mol. The smallest absolute Gasteiger partial charge is 0.180 e. The first-order valence-corrected chi connectivity index (χ1v) is 10.3. The summed E-state index contributed by atoms with van der Waals surface area (Å²) in [6, 6.07) is 18.2. The zero-order chi connectivity index (χ0) is 19.6. The molecule has 3 heterocycles. The minimum Gasteiger partial charge on any atom is -0.493 e. The van der Waals surface area contributed by atoms with Crippen molar-refractivity contribution in [1.29, 1.82) is 5.26 Å². The van der Waals surface area contributed by atoms with Crippen LogP contribution in [0.3, 0.4) is 0 Å². The molecule has 0 radical (unpaired) electrons. The highest BCUT2D eigenvalue weighted by Crippen LogP contribution is 2.31. The molecule has 5 rings (SSSR count). The van der Waals surface area contributed by atoms with E-state index in [0.717, 1.165) is 55.3 Å². The summed E-state index contributed by atoms with van der Waals surface area (Å²) in [7, 11) is 0. The molecule has 29 heavy (non-hydrogen) atoms. The van der Waals surface area contributed by atoms with Gasteiger partial charge in [0.2, 0.25) is 0 Å². The molecule has 6 nitrogen and oxygen atoms in total. The highest BCUT2D eigenvalue weighted by atomic mass is 16.5. The summed E-state index contributed by atoms with van der Waals surface area (Å²) < 4.78 is 11.5. The summed E-state index contributed by atoms with van der Waals surface area (Å²) in [6.07, 6.45) is 2.35. The average molecular weight is 388 g/mol. The van der Waals surface area contributed by atoms with E-state index in [4.69, 9.17) is 14.5 Å². The number of piperidine rings is 1. The molecule has 148 valence electrons. The molecule has 2 aliphatic heterocycles. The van der Waals surface area contributed by atoms with Crippen molar-refractivity contribution in [2.24, 2.45) is 5.92 Å². The fourth-order valence-electron chi connectivity index (χ4n) is 4.53. The topological polar surface area (TPSA) is 65.5 Å². The van der Waals surface area contributed by atoms with Gasteiger partial charge in [0, 0.05) is 38.1 Å². The molecular weight excluding hydrogens is 364 g/mol. The van der Waals surface area contributed by atoms with Crippen LogP contribution in [0.5, 0.6) is 5.75 Å². The fraction of sp³-hybridized carbons (Fsp3) is 0.391. The second-order valence-electron chi connectivity index (χ2n) is 7.99. The maximum Gasteiger partial charge on any atom is 0.180 e. The number of rotatable bonds is 4. The van der Waals surface area contributed by atoms with Crippen LogP contribution >= 0.6 is 0 Å². The molecule has 0 aliphatic carbocycles. The van der Waals surface area contributed by atoms with Crippen LogP contribution in [0, 0.1) is 17.2 Å². The Morgan fingerprint density at radius 2 is 1.93 bits per heavy atom. The summed E-state index contributed by atoms with van der Waals surface area (Å²) in [6.45, 7) is 4.82. The number of benzene rings is 2. The largest absolute Gasteiger partial charge is 0.493 e. The van der Waals surface area contributed by atoms with E-state index in [0.29, 0.717) is 17.5 Å². The van der Waals surface area contributed by atoms with E-state index in [1.165, 1.54) is 12.8 Å². The molecule has 2 fully saturated rings. The molecule has 2 saturated heterocycles. The molecule has 1 aromatic heterocycles. The Kier molecular flexibility index (Phi) is 4.82. The van der Waals surface area contributed by atoms with Crippen molar-refractivity contribution < 1.29 is 9.26 Å². The van der Waals surface area contributed by atoms with Gasteiger partial charge in [0.25, 0.3) is 0 Å². The van der Waals surface area contributed by atoms with E-state index in [9.17, 15) is 0 Å². The normalized spacial score (nSPS) is 22.2. The lowest BCUT2D eigenvalue weighted by molar-refractivity contribution is 0.0727. The summed E-state index contributed by atoms with van der Waals surface area (Å²) in [5, 5.41) is 14.3. The van der Waals surface area contributed by atoms with E-state index in [-0.39, 0.29) is 0 Å². The van der Waals surface area contributed by atoms with Gasteiger partial charge in [0.15, 0.2) is 11.4 Å². The molecule has 0 bridgehead atoms.